The number of rotatable bonds is 7. The standard InChI is InChI=1S/C28H31N3O4.C2HF3O2/c1-17(29-2)27(32)30-23-16-35-26-7-5-4-6-24(26)31(28(23)33)15-22-21-12-10-19(18-8-9-18)14-20(21)11-13-25(22)34-3;3-2(4,5)1(6)7/h4-7,10-14,17-18,23,29H,8-9,15-16H2,1-3H3,(H,30,32);(H,6,7)/t17-,23-;/m0./s1. The number of alkyl halides is 3. The SMILES string of the molecule is CN[C@@H](C)C(=O)N[C@H]1COc2ccccc2N(Cc2c(OC)ccc3cc(C4CC4)ccc23)C1=O.O=C(O)C(F)(F)F. The molecule has 0 aromatic heterocycles. The minimum atomic E-state index is -5.08. The van der Waals surface area contributed by atoms with Gasteiger partial charge in [0.05, 0.1) is 25.4 Å². The van der Waals surface area contributed by atoms with Crippen molar-refractivity contribution in [2.75, 3.05) is 25.7 Å². The van der Waals surface area contributed by atoms with Crippen LogP contribution in [0, 0.1) is 0 Å². The molecule has 3 aromatic carbocycles. The second-order valence-electron chi connectivity index (χ2n) is 10.1. The van der Waals surface area contributed by atoms with E-state index >= 15 is 0 Å². The number of nitrogens with one attached hydrogen (secondary N) is 2. The molecular weight excluding hydrogens is 555 g/mol. The zero-order chi connectivity index (χ0) is 30.6. The third kappa shape index (κ3) is 6.93. The number of amides is 2. The summed E-state index contributed by atoms with van der Waals surface area (Å²) in [5.74, 6) is -1.25. The lowest BCUT2D eigenvalue weighted by atomic mass is 9.98. The summed E-state index contributed by atoms with van der Waals surface area (Å²) in [5, 5.41) is 15.1. The molecule has 3 aromatic rings. The van der Waals surface area contributed by atoms with E-state index in [1.807, 2.05) is 30.3 Å². The van der Waals surface area contributed by atoms with E-state index in [2.05, 4.69) is 34.9 Å². The number of para-hydroxylation sites is 2. The Hall–Kier alpha value is -4.32. The number of halogens is 3. The molecular formula is C30H32F3N3O6. The first-order valence-electron chi connectivity index (χ1n) is 13.3. The van der Waals surface area contributed by atoms with Gasteiger partial charge in [-0.05, 0) is 67.3 Å². The van der Waals surface area contributed by atoms with E-state index in [9.17, 15) is 22.8 Å². The van der Waals surface area contributed by atoms with Crippen LogP contribution in [0.1, 0.15) is 36.8 Å². The van der Waals surface area contributed by atoms with Gasteiger partial charge in [0.25, 0.3) is 5.91 Å². The number of hydrogen-bond acceptors (Lipinski definition) is 6. The van der Waals surface area contributed by atoms with Crippen LogP contribution in [-0.4, -0.2) is 61.9 Å². The molecule has 1 aliphatic heterocycles. The van der Waals surface area contributed by atoms with Crippen LogP contribution in [0.3, 0.4) is 0 Å². The zero-order valence-corrected chi connectivity index (χ0v) is 23.3. The van der Waals surface area contributed by atoms with Gasteiger partial charge in [-0.2, -0.15) is 13.2 Å². The summed E-state index contributed by atoms with van der Waals surface area (Å²) < 4.78 is 43.4. The molecule has 0 bridgehead atoms. The Kier molecular flexibility index (Phi) is 9.25. The van der Waals surface area contributed by atoms with Crippen LogP contribution in [0.25, 0.3) is 10.8 Å². The first-order valence-corrected chi connectivity index (χ1v) is 13.3. The van der Waals surface area contributed by atoms with Crippen molar-refractivity contribution in [3.05, 3.63) is 65.7 Å². The number of carboxylic acid groups (broad SMARTS) is 1. The number of ether oxygens (including phenoxy) is 2. The van der Waals surface area contributed by atoms with Gasteiger partial charge >= 0.3 is 12.1 Å². The number of carbonyl (C=O) groups is 3. The lowest BCUT2D eigenvalue weighted by Crippen LogP contribution is -2.53. The lowest BCUT2D eigenvalue weighted by molar-refractivity contribution is -0.192. The molecule has 1 fully saturated rings. The topological polar surface area (TPSA) is 117 Å². The highest BCUT2D eigenvalue weighted by molar-refractivity contribution is 6.02. The number of carboxylic acids is 1. The van der Waals surface area contributed by atoms with Crippen LogP contribution >= 0.6 is 0 Å². The average molecular weight is 588 g/mol. The predicted molar refractivity (Wildman–Crippen MR) is 150 cm³/mol. The van der Waals surface area contributed by atoms with Crippen molar-refractivity contribution in [1.29, 1.82) is 0 Å². The molecule has 42 heavy (non-hydrogen) atoms. The number of likely N-dealkylation sites (N-methyl/N-ethyl adjacent to an activating group) is 1. The number of carbonyl (C=O) groups excluding carboxylic acids is 2. The van der Waals surface area contributed by atoms with Crippen molar-refractivity contribution in [2.24, 2.45) is 0 Å². The minimum Gasteiger partial charge on any atom is -0.496 e. The van der Waals surface area contributed by atoms with Crippen molar-refractivity contribution < 1.29 is 42.1 Å². The molecule has 0 radical (unpaired) electrons. The predicted octanol–water partition coefficient (Wildman–Crippen LogP) is 4.38. The van der Waals surface area contributed by atoms with Crippen LogP contribution in [0.5, 0.6) is 11.5 Å². The van der Waals surface area contributed by atoms with Crippen molar-refractivity contribution in [1.82, 2.24) is 10.6 Å². The number of nitrogens with zero attached hydrogens (tertiary/aromatic N) is 1. The largest absolute Gasteiger partial charge is 0.496 e. The maximum absolute atomic E-state index is 13.8. The monoisotopic (exact) mass is 587 g/mol. The van der Waals surface area contributed by atoms with E-state index in [4.69, 9.17) is 19.4 Å². The number of fused-ring (bicyclic) bond motifs is 2. The van der Waals surface area contributed by atoms with Crippen LogP contribution in [-0.2, 0) is 20.9 Å². The van der Waals surface area contributed by atoms with Crippen LogP contribution in [0.4, 0.5) is 18.9 Å². The summed E-state index contributed by atoms with van der Waals surface area (Å²) in [6, 6.07) is 16.8. The number of aliphatic carboxylic acids is 1. The van der Waals surface area contributed by atoms with Gasteiger partial charge in [0, 0.05) is 5.56 Å². The minimum absolute atomic E-state index is 0.0615. The second-order valence-corrected chi connectivity index (χ2v) is 10.1. The Bertz CT molecular complexity index is 1470. The van der Waals surface area contributed by atoms with E-state index in [1.54, 1.807) is 26.0 Å². The quantitative estimate of drug-likeness (QED) is 0.376. The van der Waals surface area contributed by atoms with E-state index in [-0.39, 0.29) is 25.0 Å². The van der Waals surface area contributed by atoms with E-state index < -0.39 is 24.2 Å². The molecule has 0 spiro atoms. The molecule has 3 N–H and O–H groups in total. The van der Waals surface area contributed by atoms with Gasteiger partial charge in [0.1, 0.15) is 24.1 Å². The third-order valence-electron chi connectivity index (χ3n) is 7.21. The molecule has 0 unspecified atom stereocenters. The maximum Gasteiger partial charge on any atom is 0.490 e. The summed E-state index contributed by atoms with van der Waals surface area (Å²) in [6.07, 6.45) is -2.60. The highest BCUT2D eigenvalue weighted by atomic mass is 19.4. The van der Waals surface area contributed by atoms with Gasteiger partial charge in [-0.25, -0.2) is 4.79 Å². The summed E-state index contributed by atoms with van der Waals surface area (Å²) in [6.45, 7) is 2.10. The number of hydrogen-bond donors (Lipinski definition) is 3. The van der Waals surface area contributed by atoms with Crippen LogP contribution in [0.15, 0.2) is 54.6 Å². The Labute approximate surface area is 240 Å². The zero-order valence-electron chi connectivity index (χ0n) is 23.3. The Morgan fingerprint density at radius 3 is 2.45 bits per heavy atom. The molecule has 1 heterocycles. The maximum atomic E-state index is 13.8. The van der Waals surface area contributed by atoms with E-state index in [0.29, 0.717) is 17.4 Å². The summed E-state index contributed by atoms with van der Waals surface area (Å²) in [7, 11) is 3.35. The normalized spacial score (nSPS) is 17.2. The van der Waals surface area contributed by atoms with E-state index in [0.717, 1.165) is 22.1 Å². The number of benzene rings is 3. The molecule has 2 amide bonds. The summed E-state index contributed by atoms with van der Waals surface area (Å²) in [4.78, 5) is 37.0. The second kappa shape index (κ2) is 12.7. The molecule has 5 rings (SSSR count). The van der Waals surface area contributed by atoms with Gasteiger partial charge in [-0.3, -0.25) is 9.59 Å². The van der Waals surface area contributed by atoms with Crippen molar-refractivity contribution in [2.45, 2.75) is 50.5 Å². The van der Waals surface area contributed by atoms with Gasteiger partial charge in [-0.1, -0.05) is 36.4 Å². The van der Waals surface area contributed by atoms with Crippen molar-refractivity contribution in [3.63, 3.8) is 0 Å². The average Bonchev–Trinajstić information content (AvgIpc) is 3.83. The molecule has 12 heteroatoms. The third-order valence-corrected chi connectivity index (χ3v) is 7.21. The molecule has 224 valence electrons. The fourth-order valence-corrected chi connectivity index (χ4v) is 4.62. The Balaban J connectivity index is 0.000000517. The summed E-state index contributed by atoms with van der Waals surface area (Å²) in [5.41, 5.74) is 2.95. The molecule has 2 aliphatic rings. The van der Waals surface area contributed by atoms with Gasteiger partial charge in [0.2, 0.25) is 5.91 Å². The Morgan fingerprint density at radius 2 is 1.83 bits per heavy atom. The lowest BCUT2D eigenvalue weighted by Gasteiger charge is -2.27. The molecule has 1 saturated carbocycles. The number of anilines is 1. The molecule has 0 saturated heterocycles. The Morgan fingerprint density at radius 1 is 1.14 bits per heavy atom. The van der Waals surface area contributed by atoms with Crippen molar-refractivity contribution >= 4 is 34.2 Å². The molecule has 1 aliphatic carbocycles. The first kappa shape index (κ1) is 30.6. The fraction of sp³-hybridized carbons (Fsp3) is 0.367. The van der Waals surface area contributed by atoms with E-state index in [1.165, 1.54) is 18.4 Å². The smallest absolute Gasteiger partial charge is 0.490 e. The summed E-state index contributed by atoms with van der Waals surface area (Å²) >= 11 is 0. The van der Waals surface area contributed by atoms with Gasteiger partial charge < -0.3 is 30.1 Å². The van der Waals surface area contributed by atoms with Gasteiger partial charge in [0.15, 0.2) is 0 Å². The highest BCUT2D eigenvalue weighted by Gasteiger charge is 2.38. The molecule has 9 nitrogen and oxygen atoms in total. The van der Waals surface area contributed by atoms with Crippen molar-refractivity contribution in [3.8, 4) is 11.5 Å². The number of methoxy groups -OCH3 is 1. The first-order chi connectivity index (χ1) is 19.9. The van der Waals surface area contributed by atoms with Gasteiger partial charge in [-0.15, -0.1) is 0 Å². The van der Waals surface area contributed by atoms with Crippen LogP contribution in [0.2, 0.25) is 0 Å². The highest BCUT2D eigenvalue weighted by Crippen LogP contribution is 2.42. The van der Waals surface area contributed by atoms with Crippen LogP contribution < -0.4 is 25.0 Å². The fourth-order valence-electron chi connectivity index (χ4n) is 4.62. The molecule has 2 atom stereocenters.